The van der Waals surface area contributed by atoms with Gasteiger partial charge < -0.3 is 30.3 Å². The van der Waals surface area contributed by atoms with Gasteiger partial charge in [-0.1, -0.05) is 5.16 Å². The maximum atomic E-state index is 14.8. The van der Waals surface area contributed by atoms with E-state index in [0.29, 0.717) is 5.76 Å². The van der Waals surface area contributed by atoms with Crippen LogP contribution in [0.25, 0.3) is 0 Å². The number of nitrogens with one attached hydrogen (secondary N) is 3. The lowest BCUT2D eigenvalue weighted by molar-refractivity contribution is -0.132. The third-order valence-corrected chi connectivity index (χ3v) is 4.62. The molecule has 1 aromatic heterocycles. The van der Waals surface area contributed by atoms with Crippen molar-refractivity contribution in [1.29, 1.82) is 0 Å². The fraction of sp³-hybridized carbons (Fsp3) is 0.450. The second kappa shape index (κ2) is 13.5. The summed E-state index contributed by atoms with van der Waals surface area (Å²) in [5.41, 5.74) is -0.947. The van der Waals surface area contributed by atoms with Gasteiger partial charge in [-0.25, -0.2) is 13.6 Å². The molecule has 0 radical (unpaired) electrons. The summed E-state index contributed by atoms with van der Waals surface area (Å²) < 4.78 is 58.7. The van der Waals surface area contributed by atoms with Crippen molar-refractivity contribution in [2.24, 2.45) is 0 Å². The first-order chi connectivity index (χ1) is 17.0. The number of anilines is 3. The number of aliphatic hydroxyl groups is 2. The van der Waals surface area contributed by atoms with Crippen molar-refractivity contribution in [3.05, 3.63) is 35.6 Å². The SMILES string of the molecule is Cc1cc(NC(=O)NCCN(CCO)c2c(F)cc(N(O)C[C@@H](O)CNC(=O)C(F)F)cc2F)no1.[HH].[HH]. The number of urea groups is 1. The van der Waals surface area contributed by atoms with Crippen molar-refractivity contribution >= 4 is 29.1 Å². The Morgan fingerprint density at radius 3 is 2.39 bits per heavy atom. The van der Waals surface area contributed by atoms with Crippen molar-refractivity contribution in [3.63, 3.8) is 0 Å². The summed E-state index contributed by atoms with van der Waals surface area (Å²) in [6, 6.07) is 2.33. The highest BCUT2D eigenvalue weighted by molar-refractivity contribution is 5.88. The van der Waals surface area contributed by atoms with E-state index in [1.165, 1.54) is 6.07 Å². The first kappa shape index (κ1) is 28.6. The molecule has 16 heteroatoms. The largest absolute Gasteiger partial charge is 0.395 e. The molecule has 6 N–H and O–H groups in total. The van der Waals surface area contributed by atoms with Gasteiger partial charge in [-0.15, -0.1) is 0 Å². The fourth-order valence-electron chi connectivity index (χ4n) is 3.01. The number of benzene rings is 1. The Morgan fingerprint density at radius 2 is 1.83 bits per heavy atom. The lowest BCUT2D eigenvalue weighted by atomic mass is 10.2. The van der Waals surface area contributed by atoms with Gasteiger partial charge in [0.15, 0.2) is 17.5 Å². The Morgan fingerprint density at radius 1 is 1.17 bits per heavy atom. The summed E-state index contributed by atoms with van der Waals surface area (Å²) in [7, 11) is 0. The average molecular weight is 526 g/mol. The Bertz CT molecular complexity index is 1010. The molecule has 0 unspecified atom stereocenters. The molecule has 2 rings (SSSR count). The highest BCUT2D eigenvalue weighted by atomic mass is 19.3. The number of aromatic nitrogens is 1. The van der Waals surface area contributed by atoms with E-state index < -0.39 is 67.2 Å². The quantitative estimate of drug-likeness (QED) is 0.167. The Labute approximate surface area is 205 Å². The smallest absolute Gasteiger partial charge is 0.320 e. The van der Waals surface area contributed by atoms with Gasteiger partial charge in [0.25, 0.3) is 5.91 Å². The number of carbonyl (C=O) groups is 2. The minimum absolute atomic E-state index is 0. The van der Waals surface area contributed by atoms with Gasteiger partial charge in [0.1, 0.15) is 11.4 Å². The summed E-state index contributed by atoms with van der Waals surface area (Å²) in [6.07, 6.45) is -4.82. The van der Waals surface area contributed by atoms with E-state index in [1.54, 1.807) is 12.2 Å². The Kier molecular flexibility index (Phi) is 10.7. The molecule has 0 aliphatic rings. The number of carbonyl (C=O) groups excluding carboxylic acids is 2. The number of aryl methyl sites for hydroxylation is 1. The third-order valence-electron chi connectivity index (χ3n) is 4.62. The second-order valence-electron chi connectivity index (χ2n) is 7.45. The number of aliphatic hydroxyl groups excluding tert-OH is 2. The maximum absolute atomic E-state index is 14.8. The molecule has 0 fully saturated rings. The van der Waals surface area contributed by atoms with Crippen LogP contribution in [0.5, 0.6) is 0 Å². The molecular weight excluding hydrogens is 496 g/mol. The summed E-state index contributed by atoms with van der Waals surface area (Å²) in [5.74, 6) is -3.23. The minimum Gasteiger partial charge on any atom is -0.395 e. The molecule has 36 heavy (non-hydrogen) atoms. The van der Waals surface area contributed by atoms with E-state index >= 15 is 0 Å². The highest BCUT2D eigenvalue weighted by Gasteiger charge is 2.22. The molecule has 3 amide bonds. The van der Waals surface area contributed by atoms with Gasteiger partial charge in [-0.05, 0) is 6.92 Å². The number of rotatable bonds is 13. The van der Waals surface area contributed by atoms with E-state index in [2.05, 4.69) is 15.8 Å². The number of hydrogen-bond acceptors (Lipinski definition) is 9. The fourth-order valence-corrected chi connectivity index (χ4v) is 3.01. The van der Waals surface area contributed by atoms with Crippen LogP contribution in [-0.4, -0.2) is 84.4 Å². The van der Waals surface area contributed by atoms with Crippen LogP contribution in [-0.2, 0) is 4.79 Å². The molecule has 204 valence electrons. The van der Waals surface area contributed by atoms with Crippen LogP contribution in [0.4, 0.5) is 39.5 Å². The van der Waals surface area contributed by atoms with Gasteiger partial charge in [-0.3, -0.25) is 20.4 Å². The molecule has 0 spiro atoms. The molecule has 1 heterocycles. The van der Waals surface area contributed by atoms with E-state index in [4.69, 9.17) is 4.52 Å². The molecule has 0 aliphatic heterocycles. The number of nitrogens with zero attached hydrogens (tertiary/aromatic N) is 3. The minimum atomic E-state index is -3.29. The van der Waals surface area contributed by atoms with E-state index in [-0.39, 0.29) is 33.4 Å². The number of hydrogen-bond donors (Lipinski definition) is 6. The predicted molar refractivity (Wildman–Crippen MR) is 122 cm³/mol. The van der Waals surface area contributed by atoms with Crippen molar-refractivity contribution in [1.82, 2.24) is 15.8 Å². The number of halogens is 4. The zero-order valence-electron chi connectivity index (χ0n) is 19.0. The molecule has 0 aliphatic carbocycles. The van der Waals surface area contributed by atoms with Crippen LogP contribution >= 0.6 is 0 Å². The Hall–Kier alpha value is -3.63. The van der Waals surface area contributed by atoms with Gasteiger partial charge >= 0.3 is 12.5 Å². The summed E-state index contributed by atoms with van der Waals surface area (Å²) in [5, 5.41) is 39.6. The van der Waals surface area contributed by atoms with Gasteiger partial charge in [0.2, 0.25) is 0 Å². The normalized spacial score (nSPS) is 11.8. The predicted octanol–water partition coefficient (Wildman–Crippen LogP) is 1.31. The molecule has 1 atom stereocenters. The number of amides is 3. The van der Waals surface area contributed by atoms with E-state index in [9.17, 15) is 42.6 Å². The van der Waals surface area contributed by atoms with Crippen molar-refractivity contribution in [2.75, 3.05) is 54.6 Å². The number of hydroxylamine groups is 1. The summed E-state index contributed by atoms with van der Waals surface area (Å²) >= 11 is 0. The van der Waals surface area contributed by atoms with Crippen LogP contribution < -0.4 is 25.9 Å². The van der Waals surface area contributed by atoms with Gasteiger partial charge in [0.05, 0.1) is 24.9 Å². The first-order valence-electron chi connectivity index (χ1n) is 10.5. The van der Waals surface area contributed by atoms with Gasteiger partial charge in [-0.2, -0.15) is 8.78 Å². The lowest BCUT2D eigenvalue weighted by Gasteiger charge is -2.27. The van der Waals surface area contributed by atoms with Crippen LogP contribution in [0.3, 0.4) is 0 Å². The molecule has 0 saturated heterocycles. The zero-order valence-corrected chi connectivity index (χ0v) is 19.0. The van der Waals surface area contributed by atoms with Crippen LogP contribution in [0.2, 0.25) is 0 Å². The van der Waals surface area contributed by atoms with E-state index in [0.717, 1.165) is 17.0 Å². The summed E-state index contributed by atoms with van der Waals surface area (Å²) in [6.45, 7) is -0.503. The molecular formula is C20H30F4N6O6. The third kappa shape index (κ3) is 8.54. The van der Waals surface area contributed by atoms with Crippen molar-refractivity contribution in [3.8, 4) is 0 Å². The second-order valence-corrected chi connectivity index (χ2v) is 7.45. The highest BCUT2D eigenvalue weighted by Crippen LogP contribution is 2.28. The average Bonchev–Trinajstić information content (AvgIpc) is 3.20. The summed E-state index contributed by atoms with van der Waals surface area (Å²) in [4.78, 5) is 23.9. The number of alkyl halides is 2. The maximum Gasteiger partial charge on any atom is 0.320 e. The van der Waals surface area contributed by atoms with E-state index in [1.807, 2.05) is 0 Å². The zero-order chi connectivity index (χ0) is 26.8. The first-order valence-corrected chi connectivity index (χ1v) is 10.5. The lowest BCUT2D eigenvalue weighted by Crippen LogP contribution is -2.41. The van der Waals surface area contributed by atoms with Crippen molar-refractivity contribution < 1.29 is 49.9 Å². The molecule has 0 saturated carbocycles. The molecule has 12 nitrogen and oxygen atoms in total. The monoisotopic (exact) mass is 526 g/mol. The molecule has 2 aromatic rings. The Balaban J connectivity index is 0.00000684. The molecule has 1 aromatic carbocycles. The van der Waals surface area contributed by atoms with Crippen LogP contribution in [0.1, 0.15) is 8.61 Å². The topological polar surface area (TPSA) is 163 Å². The van der Waals surface area contributed by atoms with Crippen LogP contribution in [0.15, 0.2) is 22.7 Å². The molecule has 0 bridgehead atoms. The van der Waals surface area contributed by atoms with Gasteiger partial charge in [0, 0.05) is 47.2 Å². The van der Waals surface area contributed by atoms with Crippen LogP contribution in [0, 0.1) is 18.6 Å². The standard InChI is InChI=1S/C20H26F4N6O6.2H2/c1-11-6-16(28-36-11)27-20(34)25-2-3-29(4-5-31)17-14(21)7-12(8-15(17)22)30(35)10-13(32)9-26-19(33)18(23)24;;/h6-8,13,18,31-32,35H,2-5,9-10H2,1H3,(H,26,33)(H2,25,27,28,34);2*1H/t13-;;/m0../s1. The van der Waals surface area contributed by atoms with Crippen molar-refractivity contribution in [2.45, 2.75) is 19.5 Å².